The van der Waals surface area contributed by atoms with Gasteiger partial charge in [0.25, 0.3) is 0 Å². The Hall–Kier alpha value is -1.96. The monoisotopic (exact) mass is 376 g/mol. The van der Waals surface area contributed by atoms with E-state index in [-0.39, 0.29) is 36.5 Å². The molecular formula is C20H24O7. The Morgan fingerprint density at radius 2 is 1.30 bits per heavy atom. The van der Waals surface area contributed by atoms with Crippen molar-refractivity contribution in [1.82, 2.24) is 0 Å². The fourth-order valence-corrected chi connectivity index (χ4v) is 3.04. The molecule has 0 amide bonds. The van der Waals surface area contributed by atoms with Crippen molar-refractivity contribution >= 4 is 11.9 Å². The van der Waals surface area contributed by atoms with Crippen LogP contribution in [0.25, 0.3) is 0 Å². The van der Waals surface area contributed by atoms with Crippen molar-refractivity contribution in [2.24, 2.45) is 0 Å². The highest BCUT2D eigenvalue weighted by molar-refractivity contribution is 6.03. The first-order valence-corrected chi connectivity index (χ1v) is 9.52. The standard InChI is InChI=1S/C14H14O6.C6H10O/c15-13(19-7-9-5-17-9)11-3-1-2-4-12(11)14(16)20-8-10-6-18-10;1-2-4-6-5(3-1)7-6/h1-4,9-10H,5-8H2;5-6H,1-4H2. The third kappa shape index (κ3) is 5.51. The molecule has 5 rings (SSSR count). The van der Waals surface area contributed by atoms with Gasteiger partial charge in [0.05, 0.1) is 36.5 Å². The lowest BCUT2D eigenvalue weighted by Gasteiger charge is -2.08. The molecule has 0 bridgehead atoms. The lowest BCUT2D eigenvalue weighted by Crippen LogP contribution is -2.17. The Morgan fingerprint density at radius 3 is 1.67 bits per heavy atom. The zero-order valence-electron chi connectivity index (χ0n) is 15.1. The van der Waals surface area contributed by atoms with Gasteiger partial charge in [-0.25, -0.2) is 9.59 Å². The first-order chi connectivity index (χ1) is 13.2. The largest absolute Gasteiger partial charge is 0.459 e. The predicted molar refractivity (Wildman–Crippen MR) is 93.6 cm³/mol. The first kappa shape index (κ1) is 18.4. The number of esters is 2. The molecule has 4 unspecified atom stereocenters. The van der Waals surface area contributed by atoms with E-state index >= 15 is 0 Å². The van der Waals surface area contributed by atoms with Crippen molar-refractivity contribution in [2.45, 2.75) is 50.1 Å². The Labute approximate surface area is 157 Å². The van der Waals surface area contributed by atoms with Crippen molar-refractivity contribution in [3.05, 3.63) is 35.4 Å². The average molecular weight is 376 g/mol. The van der Waals surface area contributed by atoms with Crippen LogP contribution in [0, 0.1) is 0 Å². The highest BCUT2D eigenvalue weighted by atomic mass is 16.6. The van der Waals surface area contributed by atoms with Gasteiger partial charge in [-0.15, -0.1) is 0 Å². The van der Waals surface area contributed by atoms with E-state index in [1.54, 1.807) is 24.3 Å². The number of hydrogen-bond donors (Lipinski definition) is 0. The quantitative estimate of drug-likeness (QED) is 0.555. The van der Waals surface area contributed by atoms with Gasteiger partial charge < -0.3 is 23.7 Å². The van der Waals surface area contributed by atoms with Crippen LogP contribution in [0.4, 0.5) is 0 Å². The maximum absolute atomic E-state index is 11.9. The number of epoxide rings is 3. The van der Waals surface area contributed by atoms with E-state index in [9.17, 15) is 9.59 Å². The number of carbonyl (C=O) groups is 2. The second-order valence-electron chi connectivity index (χ2n) is 7.15. The third-order valence-corrected chi connectivity index (χ3v) is 4.89. The molecule has 7 nitrogen and oxygen atoms in total. The number of ether oxygens (including phenoxy) is 5. The Balaban J connectivity index is 0.000000213. The van der Waals surface area contributed by atoms with Gasteiger partial charge in [-0.2, -0.15) is 0 Å². The van der Waals surface area contributed by atoms with E-state index in [4.69, 9.17) is 23.7 Å². The van der Waals surface area contributed by atoms with Crippen molar-refractivity contribution in [1.29, 1.82) is 0 Å². The molecule has 3 heterocycles. The van der Waals surface area contributed by atoms with Crippen molar-refractivity contribution in [3.8, 4) is 0 Å². The number of fused-ring (bicyclic) bond motifs is 1. The van der Waals surface area contributed by atoms with Crippen LogP contribution in [0.5, 0.6) is 0 Å². The maximum atomic E-state index is 11.9. The van der Waals surface area contributed by atoms with Gasteiger partial charge in [0.15, 0.2) is 0 Å². The van der Waals surface area contributed by atoms with Gasteiger partial charge in [0, 0.05) is 0 Å². The fourth-order valence-electron chi connectivity index (χ4n) is 3.04. The summed E-state index contributed by atoms with van der Waals surface area (Å²) in [6, 6.07) is 6.43. The molecule has 4 fully saturated rings. The van der Waals surface area contributed by atoms with Crippen molar-refractivity contribution in [2.75, 3.05) is 26.4 Å². The number of rotatable bonds is 6. The van der Waals surface area contributed by atoms with E-state index in [2.05, 4.69) is 0 Å². The normalized spacial score (nSPS) is 29.5. The molecule has 146 valence electrons. The number of carbonyl (C=O) groups excluding carboxylic acids is 2. The molecule has 27 heavy (non-hydrogen) atoms. The fraction of sp³-hybridized carbons (Fsp3) is 0.600. The summed E-state index contributed by atoms with van der Waals surface area (Å²) in [5.41, 5.74) is 0.407. The number of hydrogen-bond acceptors (Lipinski definition) is 7. The summed E-state index contributed by atoms with van der Waals surface area (Å²) < 4.78 is 25.4. The minimum absolute atomic E-state index is 0.00919. The summed E-state index contributed by atoms with van der Waals surface area (Å²) in [5, 5.41) is 0. The molecule has 4 atom stereocenters. The summed E-state index contributed by atoms with van der Waals surface area (Å²) >= 11 is 0. The van der Waals surface area contributed by atoms with Crippen LogP contribution in [0.2, 0.25) is 0 Å². The van der Waals surface area contributed by atoms with E-state index < -0.39 is 11.9 Å². The van der Waals surface area contributed by atoms with Crippen LogP contribution in [-0.4, -0.2) is 62.8 Å². The molecule has 3 aliphatic heterocycles. The van der Waals surface area contributed by atoms with Crippen LogP contribution in [0.15, 0.2) is 24.3 Å². The topological polar surface area (TPSA) is 90.2 Å². The maximum Gasteiger partial charge on any atom is 0.339 e. The molecular weight excluding hydrogens is 352 g/mol. The Morgan fingerprint density at radius 1 is 0.852 bits per heavy atom. The highest BCUT2D eigenvalue weighted by Gasteiger charge is 2.39. The van der Waals surface area contributed by atoms with Gasteiger partial charge in [0.2, 0.25) is 0 Å². The van der Waals surface area contributed by atoms with Gasteiger partial charge in [-0.3, -0.25) is 0 Å². The molecule has 0 N–H and O–H groups in total. The zero-order valence-corrected chi connectivity index (χ0v) is 15.1. The Bertz CT molecular complexity index is 624. The van der Waals surface area contributed by atoms with Crippen molar-refractivity contribution < 1.29 is 33.3 Å². The molecule has 0 radical (unpaired) electrons. The smallest absolute Gasteiger partial charge is 0.339 e. The van der Waals surface area contributed by atoms with Crippen LogP contribution in [0.3, 0.4) is 0 Å². The highest BCUT2D eigenvalue weighted by Crippen LogP contribution is 2.35. The SMILES string of the molecule is C1CCC2OC2C1.O=C(OCC1CO1)c1ccccc1C(=O)OCC1CO1. The van der Waals surface area contributed by atoms with E-state index in [1.165, 1.54) is 25.7 Å². The molecule has 4 aliphatic rings. The Kier molecular flexibility index (Phi) is 5.71. The van der Waals surface area contributed by atoms with Crippen LogP contribution in [0.1, 0.15) is 46.4 Å². The summed E-state index contributed by atoms with van der Waals surface area (Å²) in [6.07, 6.45) is 6.87. The van der Waals surface area contributed by atoms with Gasteiger partial charge in [0.1, 0.15) is 25.4 Å². The summed E-state index contributed by atoms with van der Waals surface area (Å²) in [6.45, 7) is 1.63. The molecule has 7 heteroatoms. The lowest BCUT2D eigenvalue weighted by molar-refractivity contribution is 0.0430. The van der Waals surface area contributed by atoms with E-state index in [1.807, 2.05) is 0 Å². The van der Waals surface area contributed by atoms with E-state index in [0.29, 0.717) is 25.4 Å². The molecule has 1 aromatic carbocycles. The summed E-state index contributed by atoms with van der Waals surface area (Å²) in [5.74, 6) is -1.09. The molecule has 1 saturated carbocycles. The van der Waals surface area contributed by atoms with Gasteiger partial charge in [-0.1, -0.05) is 25.0 Å². The van der Waals surface area contributed by atoms with Crippen LogP contribution < -0.4 is 0 Å². The predicted octanol–water partition coefficient (Wildman–Crippen LogP) is 2.13. The second kappa shape index (κ2) is 8.37. The average Bonchev–Trinajstić information content (AvgIpc) is 3.57. The molecule has 0 aromatic heterocycles. The lowest BCUT2D eigenvalue weighted by atomic mass is 10.0. The van der Waals surface area contributed by atoms with Gasteiger partial charge in [-0.05, 0) is 25.0 Å². The van der Waals surface area contributed by atoms with Gasteiger partial charge >= 0.3 is 11.9 Å². The molecule has 1 aromatic rings. The molecule has 3 saturated heterocycles. The molecule has 0 spiro atoms. The summed E-state index contributed by atoms with van der Waals surface area (Å²) in [4.78, 5) is 23.9. The van der Waals surface area contributed by atoms with E-state index in [0.717, 1.165) is 0 Å². The second-order valence-corrected chi connectivity index (χ2v) is 7.15. The third-order valence-electron chi connectivity index (χ3n) is 4.89. The number of benzene rings is 1. The first-order valence-electron chi connectivity index (χ1n) is 9.52. The van der Waals surface area contributed by atoms with Crippen molar-refractivity contribution in [3.63, 3.8) is 0 Å². The summed E-state index contributed by atoms with van der Waals surface area (Å²) in [7, 11) is 0. The minimum atomic E-state index is -0.546. The molecule has 1 aliphatic carbocycles. The zero-order chi connectivity index (χ0) is 18.6. The minimum Gasteiger partial charge on any atom is -0.459 e. The van der Waals surface area contributed by atoms with Crippen LogP contribution in [-0.2, 0) is 23.7 Å². The van der Waals surface area contributed by atoms with Crippen LogP contribution >= 0.6 is 0 Å².